The summed E-state index contributed by atoms with van der Waals surface area (Å²) in [4.78, 5) is 4.78. The highest BCUT2D eigenvalue weighted by molar-refractivity contribution is 7.05. The van der Waals surface area contributed by atoms with Gasteiger partial charge in [0.1, 0.15) is 10.8 Å². The van der Waals surface area contributed by atoms with E-state index in [4.69, 9.17) is 4.98 Å². The third-order valence-electron chi connectivity index (χ3n) is 4.34. The van der Waals surface area contributed by atoms with Crippen LogP contribution in [-0.2, 0) is 0 Å². The van der Waals surface area contributed by atoms with Gasteiger partial charge in [0.25, 0.3) is 0 Å². The SMILES string of the molecule is C1C[C@H]2NCC1C[C@@H]2c1nc(C2CC2)ns1. The Morgan fingerprint density at radius 1 is 1.19 bits per heavy atom. The Hall–Kier alpha value is -0.480. The van der Waals surface area contributed by atoms with Crippen molar-refractivity contribution in [1.29, 1.82) is 0 Å². The summed E-state index contributed by atoms with van der Waals surface area (Å²) in [6.07, 6.45) is 6.73. The summed E-state index contributed by atoms with van der Waals surface area (Å²) in [5, 5.41) is 4.97. The van der Waals surface area contributed by atoms with Gasteiger partial charge in [-0.1, -0.05) is 0 Å². The van der Waals surface area contributed by atoms with Crippen LogP contribution in [0, 0.1) is 5.92 Å². The predicted molar refractivity (Wildman–Crippen MR) is 63.8 cm³/mol. The molecule has 4 heteroatoms. The molecule has 1 N–H and O–H groups in total. The average molecular weight is 235 g/mol. The van der Waals surface area contributed by atoms with Gasteiger partial charge < -0.3 is 5.32 Å². The molecular formula is C12H17N3S. The van der Waals surface area contributed by atoms with E-state index in [0.717, 1.165) is 11.7 Å². The zero-order valence-electron chi connectivity index (χ0n) is 9.35. The normalized spacial score (nSPS) is 37.9. The summed E-state index contributed by atoms with van der Waals surface area (Å²) in [5.74, 6) is 3.40. The molecule has 4 aliphatic rings. The molecule has 2 saturated carbocycles. The highest BCUT2D eigenvalue weighted by atomic mass is 32.1. The van der Waals surface area contributed by atoms with E-state index in [9.17, 15) is 0 Å². The number of nitrogens with zero attached hydrogens (tertiary/aromatic N) is 2. The summed E-state index contributed by atoms with van der Waals surface area (Å²) in [7, 11) is 0. The largest absolute Gasteiger partial charge is 0.313 e. The van der Waals surface area contributed by atoms with E-state index in [0.29, 0.717) is 17.9 Å². The fraction of sp³-hybridized carbons (Fsp3) is 0.833. The molecule has 2 aliphatic heterocycles. The quantitative estimate of drug-likeness (QED) is 0.854. The monoisotopic (exact) mass is 235 g/mol. The number of fused-ring (bicyclic) bond motifs is 3. The number of rotatable bonds is 2. The molecule has 2 saturated heterocycles. The molecule has 2 aliphatic carbocycles. The van der Waals surface area contributed by atoms with Crippen LogP contribution in [-0.4, -0.2) is 21.9 Å². The van der Waals surface area contributed by atoms with Crippen molar-refractivity contribution in [3.05, 3.63) is 10.8 Å². The Morgan fingerprint density at radius 3 is 2.75 bits per heavy atom. The fourth-order valence-electron chi connectivity index (χ4n) is 3.18. The maximum Gasteiger partial charge on any atom is 0.145 e. The molecule has 1 unspecified atom stereocenters. The third kappa shape index (κ3) is 1.51. The molecular weight excluding hydrogens is 218 g/mol. The van der Waals surface area contributed by atoms with Gasteiger partial charge >= 0.3 is 0 Å². The molecule has 4 fully saturated rings. The maximum absolute atomic E-state index is 4.78. The standard InChI is InChI=1S/C12H17N3S/c1-4-10-9(5-7(1)6-13-10)12-14-11(15-16-12)8-2-3-8/h7-10,13H,1-6H2/t7?,9-,10+/m0/s1. The molecule has 0 spiro atoms. The molecule has 86 valence electrons. The van der Waals surface area contributed by atoms with Crippen LogP contribution in [0.2, 0.25) is 0 Å². The van der Waals surface area contributed by atoms with E-state index in [1.54, 1.807) is 11.5 Å². The topological polar surface area (TPSA) is 37.8 Å². The van der Waals surface area contributed by atoms with Crippen LogP contribution in [0.1, 0.15) is 54.8 Å². The number of hydrogen-bond acceptors (Lipinski definition) is 4. The Bertz CT molecular complexity index is 391. The van der Waals surface area contributed by atoms with Crippen molar-refractivity contribution in [3.8, 4) is 0 Å². The van der Waals surface area contributed by atoms with Crippen molar-refractivity contribution in [2.45, 2.75) is 50.0 Å². The molecule has 3 atom stereocenters. The molecule has 1 aromatic rings. The zero-order chi connectivity index (χ0) is 10.5. The van der Waals surface area contributed by atoms with Gasteiger partial charge in [-0.3, -0.25) is 0 Å². The van der Waals surface area contributed by atoms with Crippen molar-refractivity contribution in [1.82, 2.24) is 14.7 Å². The van der Waals surface area contributed by atoms with E-state index in [1.165, 1.54) is 43.7 Å². The minimum Gasteiger partial charge on any atom is -0.313 e. The summed E-state index contributed by atoms with van der Waals surface area (Å²) >= 11 is 1.66. The van der Waals surface area contributed by atoms with Gasteiger partial charge in [0, 0.05) is 17.9 Å². The Morgan fingerprint density at radius 2 is 2.12 bits per heavy atom. The summed E-state index contributed by atoms with van der Waals surface area (Å²) in [6, 6.07) is 0.685. The Balaban J connectivity index is 1.59. The molecule has 0 amide bonds. The number of nitrogens with one attached hydrogen (secondary N) is 1. The molecule has 16 heavy (non-hydrogen) atoms. The first kappa shape index (κ1) is 9.54. The first-order valence-corrected chi connectivity index (χ1v) is 7.24. The zero-order valence-corrected chi connectivity index (χ0v) is 10.2. The van der Waals surface area contributed by atoms with Crippen molar-refractivity contribution < 1.29 is 0 Å². The van der Waals surface area contributed by atoms with E-state index >= 15 is 0 Å². The Kier molecular flexibility index (Phi) is 2.09. The van der Waals surface area contributed by atoms with Crippen LogP contribution in [0.3, 0.4) is 0 Å². The van der Waals surface area contributed by atoms with E-state index in [2.05, 4.69) is 9.69 Å². The van der Waals surface area contributed by atoms with Crippen molar-refractivity contribution in [2.24, 2.45) is 5.92 Å². The summed E-state index contributed by atoms with van der Waals surface area (Å²) in [5.41, 5.74) is 0. The predicted octanol–water partition coefficient (Wildman–Crippen LogP) is 2.27. The highest BCUT2D eigenvalue weighted by Crippen LogP contribution is 2.43. The first-order chi connectivity index (χ1) is 7.90. The Labute approximate surface area is 99.8 Å². The van der Waals surface area contributed by atoms with Gasteiger partial charge in [-0.25, -0.2) is 4.98 Å². The lowest BCUT2D eigenvalue weighted by Gasteiger charge is -2.42. The first-order valence-electron chi connectivity index (χ1n) is 6.47. The van der Waals surface area contributed by atoms with Crippen molar-refractivity contribution >= 4 is 11.5 Å². The van der Waals surface area contributed by atoms with Crippen LogP contribution < -0.4 is 5.32 Å². The minimum absolute atomic E-state index is 0.664. The van der Waals surface area contributed by atoms with Gasteiger partial charge in [0.15, 0.2) is 0 Å². The second kappa shape index (κ2) is 3.50. The van der Waals surface area contributed by atoms with Gasteiger partial charge in [0.05, 0.1) is 0 Å². The lowest BCUT2D eigenvalue weighted by atomic mass is 9.74. The smallest absolute Gasteiger partial charge is 0.145 e. The molecule has 2 bridgehead atoms. The van der Waals surface area contributed by atoms with E-state index < -0.39 is 0 Å². The summed E-state index contributed by atoms with van der Waals surface area (Å²) in [6.45, 7) is 1.23. The van der Waals surface area contributed by atoms with Crippen LogP contribution in [0.4, 0.5) is 0 Å². The second-order valence-electron chi connectivity index (χ2n) is 5.57. The molecule has 0 radical (unpaired) electrons. The molecule has 0 aromatic carbocycles. The number of aromatic nitrogens is 2. The molecule has 3 nitrogen and oxygen atoms in total. The second-order valence-corrected chi connectivity index (χ2v) is 6.35. The average Bonchev–Trinajstić information content (AvgIpc) is 3.09. The maximum atomic E-state index is 4.78. The minimum atomic E-state index is 0.664. The molecule has 5 rings (SSSR count). The van der Waals surface area contributed by atoms with E-state index in [1.807, 2.05) is 0 Å². The van der Waals surface area contributed by atoms with Gasteiger partial charge in [-0.05, 0) is 56.1 Å². The molecule has 1 aromatic heterocycles. The van der Waals surface area contributed by atoms with E-state index in [-0.39, 0.29) is 0 Å². The van der Waals surface area contributed by atoms with Crippen molar-refractivity contribution in [2.75, 3.05) is 6.54 Å². The lowest BCUT2D eigenvalue weighted by molar-refractivity contribution is 0.182. The van der Waals surface area contributed by atoms with Gasteiger partial charge in [-0.15, -0.1) is 0 Å². The van der Waals surface area contributed by atoms with Crippen LogP contribution in [0.25, 0.3) is 0 Å². The third-order valence-corrected chi connectivity index (χ3v) is 5.20. The number of hydrogen-bond donors (Lipinski definition) is 1. The highest BCUT2D eigenvalue weighted by Gasteiger charge is 2.38. The van der Waals surface area contributed by atoms with Gasteiger partial charge in [0.2, 0.25) is 0 Å². The number of piperidine rings is 2. The van der Waals surface area contributed by atoms with Crippen molar-refractivity contribution in [3.63, 3.8) is 0 Å². The van der Waals surface area contributed by atoms with Crippen LogP contribution >= 0.6 is 11.5 Å². The fourth-order valence-corrected chi connectivity index (χ4v) is 4.09. The lowest BCUT2D eigenvalue weighted by Crippen LogP contribution is -2.48. The van der Waals surface area contributed by atoms with Crippen LogP contribution in [0.5, 0.6) is 0 Å². The van der Waals surface area contributed by atoms with Crippen LogP contribution in [0.15, 0.2) is 0 Å². The molecule has 3 heterocycles. The van der Waals surface area contributed by atoms with Gasteiger partial charge in [-0.2, -0.15) is 4.37 Å². The summed E-state index contributed by atoms with van der Waals surface area (Å²) < 4.78 is 4.54.